The van der Waals surface area contributed by atoms with Crippen molar-refractivity contribution in [3.05, 3.63) is 12.2 Å². The number of rotatable bonds is 0. The van der Waals surface area contributed by atoms with Crippen LogP contribution in [0.25, 0.3) is 0 Å². The molecular formula is C5H2F6O. The molecule has 0 amide bonds. The summed E-state index contributed by atoms with van der Waals surface area (Å²) in [4.78, 5) is 0. The molecule has 0 saturated carbocycles. The Morgan fingerprint density at radius 3 is 1.67 bits per heavy atom. The lowest BCUT2D eigenvalue weighted by molar-refractivity contribution is -0.365. The van der Waals surface area contributed by atoms with E-state index < -0.39 is 18.1 Å². The van der Waals surface area contributed by atoms with Gasteiger partial charge in [-0.05, 0) is 6.08 Å². The Kier molecular flexibility index (Phi) is 1.68. The third-order valence-corrected chi connectivity index (χ3v) is 1.16. The second-order valence-electron chi connectivity index (χ2n) is 2.14. The molecule has 1 atom stereocenters. The highest BCUT2D eigenvalue weighted by Crippen LogP contribution is 2.44. The Morgan fingerprint density at radius 2 is 1.50 bits per heavy atom. The summed E-state index contributed by atoms with van der Waals surface area (Å²) in [5.41, 5.74) is 0. The topological polar surface area (TPSA) is 9.23 Å². The maximum absolute atomic E-state index is 12.4. The van der Waals surface area contributed by atoms with E-state index in [1.165, 1.54) is 0 Å². The van der Waals surface area contributed by atoms with E-state index in [1.54, 1.807) is 0 Å². The summed E-state index contributed by atoms with van der Waals surface area (Å²) in [7, 11) is 0. The summed E-state index contributed by atoms with van der Waals surface area (Å²) < 4.78 is 73.9. The van der Waals surface area contributed by atoms with Gasteiger partial charge in [0.25, 0.3) is 0 Å². The van der Waals surface area contributed by atoms with Crippen molar-refractivity contribution >= 4 is 0 Å². The van der Waals surface area contributed by atoms with Crippen LogP contribution in [-0.4, -0.2) is 18.1 Å². The zero-order chi connectivity index (χ0) is 9.62. The molecule has 0 aromatic heterocycles. The number of hydrogen-bond acceptors (Lipinski definition) is 1. The van der Waals surface area contributed by atoms with Crippen molar-refractivity contribution < 1.29 is 31.1 Å². The van der Waals surface area contributed by atoms with Crippen molar-refractivity contribution in [3.8, 4) is 0 Å². The van der Waals surface area contributed by atoms with Gasteiger partial charge in [-0.15, -0.1) is 0 Å². The van der Waals surface area contributed by atoms with Crippen LogP contribution in [0.3, 0.4) is 0 Å². The normalized spacial score (nSPS) is 34.2. The van der Waals surface area contributed by atoms with Crippen molar-refractivity contribution in [2.75, 3.05) is 0 Å². The Balaban J connectivity index is 2.88. The average molecular weight is 192 g/mol. The van der Waals surface area contributed by atoms with Gasteiger partial charge in [0.05, 0.1) is 0 Å². The van der Waals surface area contributed by atoms with Gasteiger partial charge < -0.3 is 0 Å². The molecule has 0 aliphatic carbocycles. The van der Waals surface area contributed by atoms with E-state index in [1.807, 2.05) is 0 Å². The quantitative estimate of drug-likeness (QED) is 0.423. The summed E-state index contributed by atoms with van der Waals surface area (Å²) in [6, 6.07) is 0. The van der Waals surface area contributed by atoms with E-state index in [-0.39, 0.29) is 12.2 Å². The van der Waals surface area contributed by atoms with Crippen molar-refractivity contribution in [1.82, 2.24) is 0 Å². The fourth-order valence-electron chi connectivity index (χ4n) is 0.623. The molecule has 0 bridgehead atoms. The van der Waals surface area contributed by atoms with E-state index >= 15 is 0 Å². The van der Waals surface area contributed by atoms with Crippen molar-refractivity contribution in [2.45, 2.75) is 18.1 Å². The Hall–Kier alpha value is -0.720. The first-order valence-electron chi connectivity index (χ1n) is 2.70. The van der Waals surface area contributed by atoms with Gasteiger partial charge in [-0.1, -0.05) is 0 Å². The summed E-state index contributed by atoms with van der Waals surface area (Å²) in [5.74, 6) is -4.36. The third-order valence-electron chi connectivity index (χ3n) is 1.16. The third kappa shape index (κ3) is 1.40. The lowest BCUT2D eigenvalue weighted by atomic mass is 10.3. The molecule has 0 saturated heterocycles. The lowest BCUT2D eigenvalue weighted by Gasteiger charge is -2.22. The van der Waals surface area contributed by atoms with Crippen LogP contribution in [0.2, 0.25) is 0 Å². The molecule has 1 heterocycles. The lowest BCUT2D eigenvalue weighted by Crippen LogP contribution is -2.42. The average Bonchev–Trinajstić information content (AvgIpc) is 2.05. The summed E-state index contributed by atoms with van der Waals surface area (Å²) >= 11 is 0. The van der Waals surface area contributed by atoms with Gasteiger partial charge in [0.1, 0.15) is 0 Å². The van der Waals surface area contributed by atoms with Gasteiger partial charge in [0, 0.05) is 6.08 Å². The predicted molar refractivity (Wildman–Crippen MR) is 25.1 cm³/mol. The molecule has 0 unspecified atom stereocenters. The predicted octanol–water partition coefficient (Wildman–Crippen LogP) is 2.39. The molecule has 0 aromatic rings. The minimum atomic E-state index is -5.48. The first-order valence-corrected chi connectivity index (χ1v) is 2.70. The van der Waals surface area contributed by atoms with Gasteiger partial charge in [0.15, 0.2) is 0 Å². The first-order chi connectivity index (χ1) is 5.16. The maximum atomic E-state index is 12.4. The fourth-order valence-corrected chi connectivity index (χ4v) is 0.623. The van der Waals surface area contributed by atoms with Crippen LogP contribution in [0, 0.1) is 0 Å². The smallest absolute Gasteiger partial charge is 0.268 e. The molecule has 0 radical (unpaired) electrons. The Labute approximate surface area is 62.6 Å². The van der Waals surface area contributed by atoms with Crippen LogP contribution in [0.1, 0.15) is 0 Å². The minimum Gasteiger partial charge on any atom is -0.268 e. The zero-order valence-corrected chi connectivity index (χ0v) is 5.33. The molecule has 0 aromatic carbocycles. The minimum absolute atomic E-state index is 0.277. The van der Waals surface area contributed by atoms with Crippen LogP contribution in [0.15, 0.2) is 12.2 Å². The number of hydrogen-bond donors (Lipinski definition) is 0. The number of halogens is 6. The van der Waals surface area contributed by atoms with Gasteiger partial charge >= 0.3 is 18.1 Å². The first kappa shape index (κ1) is 9.37. The molecule has 0 fully saturated rings. The van der Waals surface area contributed by atoms with Gasteiger partial charge in [-0.2, -0.15) is 26.3 Å². The molecule has 1 rings (SSSR count). The van der Waals surface area contributed by atoms with Crippen LogP contribution < -0.4 is 0 Å². The van der Waals surface area contributed by atoms with E-state index in [2.05, 4.69) is 4.74 Å². The molecule has 12 heavy (non-hydrogen) atoms. The van der Waals surface area contributed by atoms with Crippen LogP contribution >= 0.6 is 0 Å². The second kappa shape index (κ2) is 2.15. The van der Waals surface area contributed by atoms with E-state index in [4.69, 9.17) is 0 Å². The molecule has 0 N–H and O–H groups in total. The van der Waals surface area contributed by atoms with Gasteiger partial charge in [0.2, 0.25) is 0 Å². The largest absolute Gasteiger partial charge is 0.452 e. The summed E-state index contributed by atoms with van der Waals surface area (Å²) in [6.07, 6.45) is -10.3. The highest BCUT2D eigenvalue weighted by Gasteiger charge is 2.63. The van der Waals surface area contributed by atoms with Gasteiger partial charge in [-0.3, -0.25) is 4.74 Å². The van der Waals surface area contributed by atoms with Crippen LogP contribution in [0.5, 0.6) is 0 Å². The van der Waals surface area contributed by atoms with Crippen molar-refractivity contribution in [1.29, 1.82) is 0 Å². The Morgan fingerprint density at radius 1 is 1.00 bits per heavy atom. The molecule has 1 aliphatic rings. The molecule has 7 heteroatoms. The zero-order valence-electron chi connectivity index (χ0n) is 5.33. The standard InChI is InChI=1S/C5H2F6O/c6-3(5(9,10)11)1-2-4(7,8)12-3/h1-2H/t3-/m0/s1. The number of alkyl halides is 6. The molecule has 1 nitrogen and oxygen atoms in total. The van der Waals surface area contributed by atoms with E-state index in [0.29, 0.717) is 0 Å². The van der Waals surface area contributed by atoms with Crippen molar-refractivity contribution in [3.63, 3.8) is 0 Å². The highest BCUT2D eigenvalue weighted by atomic mass is 19.4. The number of ether oxygens (including phenoxy) is 1. The second-order valence-corrected chi connectivity index (χ2v) is 2.14. The summed E-state index contributed by atoms with van der Waals surface area (Å²) in [5, 5.41) is 0. The summed E-state index contributed by atoms with van der Waals surface area (Å²) in [6.45, 7) is 0. The van der Waals surface area contributed by atoms with E-state index in [9.17, 15) is 26.3 Å². The maximum Gasteiger partial charge on any atom is 0.452 e. The molecular weight excluding hydrogens is 190 g/mol. The monoisotopic (exact) mass is 192 g/mol. The molecule has 1 aliphatic heterocycles. The van der Waals surface area contributed by atoms with Crippen LogP contribution in [-0.2, 0) is 4.74 Å². The SMILES string of the molecule is FC1(F)C=C[C@@](F)(C(F)(F)F)O1. The van der Waals surface area contributed by atoms with E-state index in [0.717, 1.165) is 0 Å². The Bertz CT molecular complexity index is 218. The fraction of sp³-hybridized carbons (Fsp3) is 0.600. The molecule has 70 valence electrons. The molecule has 0 spiro atoms. The van der Waals surface area contributed by atoms with Gasteiger partial charge in [-0.25, -0.2) is 0 Å². The van der Waals surface area contributed by atoms with Crippen LogP contribution in [0.4, 0.5) is 26.3 Å². The van der Waals surface area contributed by atoms with Crippen molar-refractivity contribution in [2.24, 2.45) is 0 Å². The highest BCUT2D eigenvalue weighted by molar-refractivity contribution is 5.10.